The van der Waals surface area contributed by atoms with E-state index in [1.54, 1.807) is 0 Å². The first-order valence-corrected chi connectivity index (χ1v) is 6.52. The third kappa shape index (κ3) is 4.52. The molecule has 18 heavy (non-hydrogen) atoms. The summed E-state index contributed by atoms with van der Waals surface area (Å²) in [6.45, 7) is 8.17. The van der Waals surface area contributed by atoms with Crippen LogP contribution in [0.3, 0.4) is 0 Å². The molecule has 2 N–H and O–H groups in total. The summed E-state index contributed by atoms with van der Waals surface area (Å²) in [6.07, 6.45) is 0. The van der Waals surface area contributed by atoms with Crippen molar-refractivity contribution in [3.8, 4) is 11.8 Å². The molecule has 1 aromatic carbocycles. The van der Waals surface area contributed by atoms with Gasteiger partial charge in [0.05, 0.1) is 6.54 Å². The van der Waals surface area contributed by atoms with Gasteiger partial charge in [0, 0.05) is 18.2 Å². The topological polar surface area (TPSA) is 29.3 Å². The highest BCUT2D eigenvalue weighted by atomic mass is 15.1. The number of nitrogens with zero attached hydrogens (tertiary/aromatic N) is 1. The van der Waals surface area contributed by atoms with E-state index in [9.17, 15) is 0 Å². The third-order valence-electron chi connectivity index (χ3n) is 3.38. The van der Waals surface area contributed by atoms with Crippen LogP contribution >= 0.6 is 0 Å². The average Bonchev–Trinajstić information content (AvgIpc) is 2.36. The molecule has 0 saturated heterocycles. The summed E-state index contributed by atoms with van der Waals surface area (Å²) >= 11 is 0. The van der Waals surface area contributed by atoms with Gasteiger partial charge in [0.1, 0.15) is 0 Å². The quantitative estimate of drug-likeness (QED) is 0.824. The van der Waals surface area contributed by atoms with Crippen molar-refractivity contribution < 1.29 is 0 Å². The van der Waals surface area contributed by atoms with E-state index < -0.39 is 0 Å². The molecule has 0 heterocycles. The van der Waals surface area contributed by atoms with Gasteiger partial charge in [-0.3, -0.25) is 4.90 Å². The fourth-order valence-electron chi connectivity index (χ4n) is 1.79. The summed E-state index contributed by atoms with van der Waals surface area (Å²) < 4.78 is 0. The molecule has 0 radical (unpaired) electrons. The molecule has 1 atom stereocenters. The van der Waals surface area contributed by atoms with Crippen LogP contribution in [0.2, 0.25) is 0 Å². The van der Waals surface area contributed by atoms with Crippen molar-refractivity contribution in [1.82, 2.24) is 4.90 Å². The zero-order valence-corrected chi connectivity index (χ0v) is 11.9. The molecular formula is C16H24N2. The maximum Gasteiger partial charge on any atom is 0.0555 e. The van der Waals surface area contributed by atoms with Gasteiger partial charge in [-0.05, 0) is 37.6 Å². The van der Waals surface area contributed by atoms with Crippen LogP contribution in [0.4, 0.5) is 0 Å². The van der Waals surface area contributed by atoms with Crippen LogP contribution < -0.4 is 5.73 Å². The van der Waals surface area contributed by atoms with Gasteiger partial charge in [0.2, 0.25) is 0 Å². The number of hydrogen-bond acceptors (Lipinski definition) is 2. The monoisotopic (exact) mass is 244 g/mol. The van der Waals surface area contributed by atoms with Gasteiger partial charge in [-0.1, -0.05) is 37.8 Å². The molecule has 2 nitrogen and oxygen atoms in total. The molecule has 0 aromatic heterocycles. The first-order chi connectivity index (χ1) is 8.54. The molecule has 2 heteroatoms. The van der Waals surface area contributed by atoms with Crippen molar-refractivity contribution in [2.45, 2.75) is 33.4 Å². The average molecular weight is 244 g/mol. The third-order valence-corrected chi connectivity index (χ3v) is 3.38. The van der Waals surface area contributed by atoms with Crippen LogP contribution in [-0.2, 0) is 6.54 Å². The SMILES string of the molecule is CC(C)C(C)N(C)Cc1ccc(C#CCN)cc1. The number of nitrogens with two attached hydrogens (primary N) is 1. The Morgan fingerprint density at radius 2 is 1.78 bits per heavy atom. The Bertz CT molecular complexity index is 409. The Hall–Kier alpha value is -1.30. The first kappa shape index (κ1) is 14.8. The molecule has 0 amide bonds. The highest BCUT2D eigenvalue weighted by Gasteiger charge is 2.12. The smallest absolute Gasteiger partial charge is 0.0555 e. The Kier molecular flexibility index (Phi) is 5.91. The minimum atomic E-state index is 0.413. The Balaban J connectivity index is 2.63. The number of benzene rings is 1. The fourth-order valence-corrected chi connectivity index (χ4v) is 1.79. The van der Waals surface area contributed by atoms with Gasteiger partial charge in [-0.15, -0.1) is 0 Å². The summed E-state index contributed by atoms with van der Waals surface area (Å²) in [4.78, 5) is 2.38. The number of rotatable bonds is 4. The predicted octanol–water partition coefficient (Wildman–Crippen LogP) is 2.47. The first-order valence-electron chi connectivity index (χ1n) is 6.52. The lowest BCUT2D eigenvalue weighted by Gasteiger charge is -2.27. The van der Waals surface area contributed by atoms with Crippen LogP contribution in [0.5, 0.6) is 0 Å². The van der Waals surface area contributed by atoms with Gasteiger partial charge in [0.25, 0.3) is 0 Å². The van der Waals surface area contributed by atoms with Gasteiger partial charge in [0.15, 0.2) is 0 Å². The molecule has 0 aliphatic carbocycles. The van der Waals surface area contributed by atoms with Gasteiger partial charge in [-0.25, -0.2) is 0 Å². The molecule has 0 bridgehead atoms. The Labute approximate surface area is 111 Å². The second-order valence-electron chi connectivity index (χ2n) is 5.10. The van der Waals surface area contributed by atoms with Gasteiger partial charge >= 0.3 is 0 Å². The molecule has 1 unspecified atom stereocenters. The van der Waals surface area contributed by atoms with E-state index in [0.717, 1.165) is 12.1 Å². The van der Waals surface area contributed by atoms with E-state index in [2.05, 4.69) is 68.8 Å². The van der Waals surface area contributed by atoms with Crippen molar-refractivity contribution in [1.29, 1.82) is 0 Å². The Morgan fingerprint density at radius 1 is 1.17 bits per heavy atom. The lowest BCUT2D eigenvalue weighted by atomic mass is 10.0. The van der Waals surface area contributed by atoms with Crippen LogP contribution in [0.25, 0.3) is 0 Å². The molecule has 0 fully saturated rings. The van der Waals surface area contributed by atoms with Crippen molar-refractivity contribution in [3.05, 3.63) is 35.4 Å². The second kappa shape index (κ2) is 7.20. The molecule has 1 rings (SSSR count). The maximum absolute atomic E-state index is 5.35. The zero-order chi connectivity index (χ0) is 13.5. The van der Waals surface area contributed by atoms with Crippen molar-refractivity contribution in [3.63, 3.8) is 0 Å². The molecule has 0 aliphatic heterocycles. The Morgan fingerprint density at radius 3 is 2.28 bits per heavy atom. The van der Waals surface area contributed by atoms with Crippen molar-refractivity contribution in [2.75, 3.05) is 13.6 Å². The fraction of sp³-hybridized carbons (Fsp3) is 0.500. The normalized spacial score (nSPS) is 12.4. The predicted molar refractivity (Wildman–Crippen MR) is 78.1 cm³/mol. The lowest BCUT2D eigenvalue weighted by molar-refractivity contribution is 0.200. The number of hydrogen-bond donors (Lipinski definition) is 1. The van der Waals surface area contributed by atoms with E-state index in [1.807, 2.05) is 0 Å². The van der Waals surface area contributed by atoms with E-state index in [-0.39, 0.29) is 0 Å². The van der Waals surface area contributed by atoms with Crippen LogP contribution in [0.1, 0.15) is 31.9 Å². The van der Waals surface area contributed by atoms with Crippen molar-refractivity contribution >= 4 is 0 Å². The van der Waals surface area contributed by atoms with Crippen LogP contribution in [0, 0.1) is 17.8 Å². The van der Waals surface area contributed by atoms with E-state index >= 15 is 0 Å². The minimum Gasteiger partial charge on any atom is -0.320 e. The molecule has 0 aliphatic rings. The van der Waals surface area contributed by atoms with Crippen molar-refractivity contribution in [2.24, 2.45) is 11.7 Å². The van der Waals surface area contributed by atoms with Gasteiger partial charge in [-0.2, -0.15) is 0 Å². The summed E-state index contributed by atoms with van der Waals surface area (Å²) in [6, 6.07) is 8.99. The van der Waals surface area contributed by atoms with Crippen LogP contribution in [0.15, 0.2) is 24.3 Å². The summed E-state index contributed by atoms with van der Waals surface area (Å²) in [5.41, 5.74) is 7.71. The van der Waals surface area contributed by atoms with E-state index in [4.69, 9.17) is 5.73 Å². The minimum absolute atomic E-state index is 0.413. The zero-order valence-electron chi connectivity index (χ0n) is 11.9. The molecular weight excluding hydrogens is 220 g/mol. The van der Waals surface area contributed by atoms with E-state index in [0.29, 0.717) is 18.5 Å². The summed E-state index contributed by atoms with van der Waals surface area (Å²) in [7, 11) is 2.17. The molecule has 1 aromatic rings. The summed E-state index contributed by atoms with van der Waals surface area (Å²) in [5, 5.41) is 0. The van der Waals surface area contributed by atoms with E-state index in [1.165, 1.54) is 5.56 Å². The van der Waals surface area contributed by atoms with Gasteiger partial charge < -0.3 is 5.73 Å². The molecule has 0 spiro atoms. The molecule has 0 saturated carbocycles. The molecule has 98 valence electrons. The van der Waals surface area contributed by atoms with Crippen LogP contribution in [-0.4, -0.2) is 24.5 Å². The highest BCUT2D eigenvalue weighted by molar-refractivity contribution is 5.36. The maximum atomic E-state index is 5.35. The lowest BCUT2D eigenvalue weighted by Crippen LogP contribution is -2.32. The standard InChI is InChI=1S/C16H24N2/c1-13(2)14(3)18(4)12-16-9-7-15(8-10-16)6-5-11-17/h7-10,13-14H,11-12,17H2,1-4H3. The highest BCUT2D eigenvalue weighted by Crippen LogP contribution is 2.12. The summed E-state index contributed by atoms with van der Waals surface area (Å²) in [5.74, 6) is 6.57. The second-order valence-corrected chi connectivity index (χ2v) is 5.10. The largest absolute Gasteiger partial charge is 0.320 e.